The van der Waals surface area contributed by atoms with Gasteiger partial charge in [0.1, 0.15) is 31.8 Å². The van der Waals surface area contributed by atoms with Gasteiger partial charge in [0, 0.05) is 10.0 Å². The van der Waals surface area contributed by atoms with Crippen molar-refractivity contribution in [3.8, 4) is 23.6 Å². The van der Waals surface area contributed by atoms with Crippen LogP contribution in [0.4, 0.5) is 8.78 Å². The Labute approximate surface area is 155 Å². The van der Waals surface area contributed by atoms with Crippen LogP contribution in [-0.4, -0.2) is 8.07 Å². The summed E-state index contributed by atoms with van der Waals surface area (Å²) in [5.41, 5.74) is 3.99. The molecular formula is C19H15BrF2N2Si. The minimum absolute atomic E-state index is 0.0531. The lowest BCUT2D eigenvalue weighted by Gasteiger charge is -2.03. The summed E-state index contributed by atoms with van der Waals surface area (Å²) in [5, 5.41) is 17.0. The second kappa shape index (κ2) is 9.13. The van der Waals surface area contributed by atoms with E-state index in [1.54, 1.807) is 24.3 Å². The van der Waals surface area contributed by atoms with Crippen LogP contribution in [0, 0.1) is 45.8 Å². The van der Waals surface area contributed by atoms with E-state index in [9.17, 15) is 8.78 Å². The van der Waals surface area contributed by atoms with E-state index in [0.717, 1.165) is 0 Å². The van der Waals surface area contributed by atoms with Crippen LogP contribution in [0.2, 0.25) is 19.6 Å². The van der Waals surface area contributed by atoms with Gasteiger partial charge < -0.3 is 0 Å². The molecule has 2 aromatic rings. The van der Waals surface area contributed by atoms with Crippen molar-refractivity contribution in [1.82, 2.24) is 0 Å². The van der Waals surface area contributed by atoms with Crippen molar-refractivity contribution in [2.45, 2.75) is 19.6 Å². The third-order valence-electron chi connectivity index (χ3n) is 2.72. The highest BCUT2D eigenvalue weighted by atomic mass is 79.9. The van der Waals surface area contributed by atoms with Gasteiger partial charge in [0.2, 0.25) is 0 Å². The van der Waals surface area contributed by atoms with Gasteiger partial charge in [-0.25, -0.2) is 8.78 Å². The molecule has 0 N–H and O–H groups in total. The average Bonchev–Trinajstić information content (AvgIpc) is 2.56. The van der Waals surface area contributed by atoms with Crippen LogP contribution < -0.4 is 0 Å². The fourth-order valence-electron chi connectivity index (χ4n) is 1.53. The van der Waals surface area contributed by atoms with Gasteiger partial charge in [-0.1, -0.05) is 41.5 Å². The van der Waals surface area contributed by atoms with Gasteiger partial charge in [0.15, 0.2) is 0 Å². The maximum atomic E-state index is 13.0. The summed E-state index contributed by atoms with van der Waals surface area (Å²) >= 11 is 3.12. The molecule has 6 heteroatoms. The monoisotopic (exact) mass is 416 g/mol. The van der Waals surface area contributed by atoms with Gasteiger partial charge in [-0.15, -0.1) is 5.54 Å². The van der Waals surface area contributed by atoms with Gasteiger partial charge in [0.05, 0.1) is 11.1 Å². The molecule has 0 spiro atoms. The van der Waals surface area contributed by atoms with Crippen LogP contribution in [0.15, 0.2) is 40.9 Å². The van der Waals surface area contributed by atoms with Crippen molar-refractivity contribution in [2.24, 2.45) is 0 Å². The number of rotatable bonds is 0. The van der Waals surface area contributed by atoms with Crippen LogP contribution in [-0.2, 0) is 0 Å². The first kappa shape index (κ1) is 20.6. The molecule has 0 aromatic heterocycles. The summed E-state index contributed by atoms with van der Waals surface area (Å²) in [6.07, 6.45) is 0. The van der Waals surface area contributed by atoms with E-state index in [2.05, 4.69) is 47.0 Å². The first-order valence-electron chi connectivity index (χ1n) is 7.24. The summed E-state index contributed by atoms with van der Waals surface area (Å²) in [7, 11) is -1.42. The Balaban J connectivity index is 0.000000271. The van der Waals surface area contributed by atoms with Gasteiger partial charge in [-0.2, -0.15) is 10.5 Å². The van der Waals surface area contributed by atoms with Crippen LogP contribution >= 0.6 is 15.9 Å². The van der Waals surface area contributed by atoms with Crippen LogP contribution in [0.3, 0.4) is 0 Å². The van der Waals surface area contributed by atoms with Crippen molar-refractivity contribution in [1.29, 1.82) is 10.5 Å². The van der Waals surface area contributed by atoms with Crippen molar-refractivity contribution < 1.29 is 8.78 Å². The fourth-order valence-corrected chi connectivity index (χ4v) is 2.41. The van der Waals surface area contributed by atoms with E-state index in [1.807, 2.05) is 0 Å². The van der Waals surface area contributed by atoms with Gasteiger partial charge in [0.25, 0.3) is 0 Å². The number of benzene rings is 2. The second-order valence-corrected chi connectivity index (χ2v) is 11.7. The summed E-state index contributed by atoms with van der Waals surface area (Å²) in [6, 6.07) is 12.2. The molecule has 0 fully saturated rings. The Morgan fingerprint density at radius 1 is 0.880 bits per heavy atom. The fraction of sp³-hybridized carbons (Fsp3) is 0.158. The molecule has 2 aromatic carbocycles. The molecule has 2 nitrogen and oxygen atoms in total. The Hall–Kier alpha value is -2.46. The van der Waals surface area contributed by atoms with E-state index in [0.29, 0.717) is 10.0 Å². The summed E-state index contributed by atoms with van der Waals surface area (Å²) < 4.78 is 26.2. The Morgan fingerprint density at radius 3 is 1.88 bits per heavy atom. The van der Waals surface area contributed by atoms with E-state index in [4.69, 9.17) is 10.5 Å². The molecular weight excluding hydrogens is 402 g/mol. The predicted molar refractivity (Wildman–Crippen MR) is 100 cm³/mol. The van der Waals surface area contributed by atoms with Crippen molar-refractivity contribution in [2.75, 3.05) is 0 Å². The minimum Gasteiger partial charge on any atom is -0.206 e. The normalized spacial score (nSPS) is 9.60. The van der Waals surface area contributed by atoms with Gasteiger partial charge >= 0.3 is 0 Å². The zero-order valence-electron chi connectivity index (χ0n) is 14.0. The number of hydrogen-bond donors (Lipinski definition) is 0. The highest BCUT2D eigenvalue weighted by Crippen LogP contribution is 2.14. The number of hydrogen-bond acceptors (Lipinski definition) is 2. The quantitative estimate of drug-likeness (QED) is 0.427. The lowest BCUT2D eigenvalue weighted by molar-refractivity contribution is 0.623. The van der Waals surface area contributed by atoms with E-state index in [-0.39, 0.29) is 11.1 Å². The SMILES string of the molecule is C[Si](C)(C)C#Cc1ccc(F)c(C#N)c1.N#Cc1cc(Br)ccc1F. The maximum Gasteiger partial charge on any atom is 0.141 e. The number of nitrogens with zero attached hydrogens (tertiary/aromatic N) is 2. The second-order valence-electron chi connectivity index (χ2n) is 6.04. The lowest BCUT2D eigenvalue weighted by atomic mass is 10.1. The molecule has 0 amide bonds. The average molecular weight is 417 g/mol. The highest BCUT2D eigenvalue weighted by Gasteiger charge is 2.08. The molecule has 0 atom stereocenters. The first-order chi connectivity index (χ1) is 11.7. The Bertz CT molecular complexity index is 910. The Morgan fingerprint density at radius 2 is 1.40 bits per heavy atom. The van der Waals surface area contributed by atoms with Gasteiger partial charge in [-0.3, -0.25) is 0 Å². The number of nitriles is 2. The largest absolute Gasteiger partial charge is 0.206 e. The van der Waals surface area contributed by atoms with E-state index < -0.39 is 19.7 Å². The third kappa shape index (κ3) is 7.31. The van der Waals surface area contributed by atoms with Crippen molar-refractivity contribution in [3.05, 3.63) is 69.2 Å². The molecule has 0 radical (unpaired) electrons. The minimum atomic E-state index is -1.42. The smallest absolute Gasteiger partial charge is 0.141 e. The third-order valence-corrected chi connectivity index (χ3v) is 4.09. The first-order valence-corrected chi connectivity index (χ1v) is 11.5. The molecule has 0 unspecified atom stereocenters. The number of halogens is 3. The van der Waals surface area contributed by atoms with E-state index in [1.165, 1.54) is 24.3 Å². The molecule has 0 heterocycles. The molecule has 126 valence electrons. The summed E-state index contributed by atoms with van der Waals surface area (Å²) in [4.78, 5) is 0. The lowest BCUT2D eigenvalue weighted by Crippen LogP contribution is -2.16. The molecule has 0 aliphatic rings. The zero-order chi connectivity index (χ0) is 19.0. The van der Waals surface area contributed by atoms with Crippen molar-refractivity contribution in [3.63, 3.8) is 0 Å². The van der Waals surface area contributed by atoms with E-state index >= 15 is 0 Å². The highest BCUT2D eigenvalue weighted by molar-refractivity contribution is 9.10. The molecule has 0 saturated carbocycles. The molecule has 2 rings (SSSR count). The molecule has 25 heavy (non-hydrogen) atoms. The molecule has 0 saturated heterocycles. The van der Waals surface area contributed by atoms with Crippen LogP contribution in [0.25, 0.3) is 0 Å². The standard InChI is InChI=1S/C12H12FNSi.C7H3BrFN/c1-15(2,3)7-6-10-4-5-12(13)11(8-10)9-14;8-6-1-2-7(9)5(3-6)4-10/h4-5,8H,1-3H3;1-3H. The topological polar surface area (TPSA) is 47.6 Å². The molecule has 0 aliphatic carbocycles. The van der Waals surface area contributed by atoms with Crippen molar-refractivity contribution >= 4 is 24.0 Å². The molecule has 0 aliphatic heterocycles. The summed E-state index contributed by atoms with van der Waals surface area (Å²) in [5.74, 6) is 2.01. The predicted octanol–water partition coefficient (Wildman–Crippen LogP) is 5.39. The zero-order valence-corrected chi connectivity index (χ0v) is 16.6. The summed E-state index contributed by atoms with van der Waals surface area (Å²) in [6.45, 7) is 6.40. The van der Waals surface area contributed by atoms with Gasteiger partial charge in [-0.05, 0) is 36.4 Å². The Kier molecular flexibility index (Phi) is 7.52. The maximum absolute atomic E-state index is 13.0. The van der Waals surface area contributed by atoms with Crippen LogP contribution in [0.5, 0.6) is 0 Å². The van der Waals surface area contributed by atoms with Crippen LogP contribution in [0.1, 0.15) is 16.7 Å². The molecule has 0 bridgehead atoms.